The largest absolute Gasteiger partial charge is 0.350 e. The zero-order valence-electron chi connectivity index (χ0n) is 10.7. The first kappa shape index (κ1) is 13.6. The molecule has 0 radical (unpaired) electrons. The van der Waals surface area contributed by atoms with Crippen molar-refractivity contribution in [2.75, 3.05) is 19.6 Å². The maximum absolute atomic E-state index is 12.1. The molecule has 1 atom stereocenters. The van der Waals surface area contributed by atoms with E-state index in [0.717, 1.165) is 36.3 Å². The number of aryl methyl sites for hydroxylation is 1. The molecular formula is C13H20BrN3O. The van der Waals surface area contributed by atoms with Crippen molar-refractivity contribution in [1.82, 2.24) is 15.2 Å². The van der Waals surface area contributed by atoms with Gasteiger partial charge in [0.15, 0.2) is 0 Å². The Kier molecular flexibility index (Phi) is 4.83. The average Bonchev–Trinajstić information content (AvgIpc) is 2.78. The fraction of sp³-hybridized carbons (Fsp3) is 0.615. The Bertz CT molecular complexity index is 410. The SMILES string of the molecule is CCn1cc(Br)cc1C(=O)NCC1CCCNC1. The number of amides is 1. The zero-order chi connectivity index (χ0) is 13.0. The fourth-order valence-electron chi connectivity index (χ4n) is 2.35. The predicted octanol–water partition coefficient (Wildman–Crippen LogP) is 2.00. The van der Waals surface area contributed by atoms with Gasteiger partial charge in [0.25, 0.3) is 5.91 Å². The number of hydrogen-bond acceptors (Lipinski definition) is 2. The van der Waals surface area contributed by atoms with Gasteiger partial charge < -0.3 is 15.2 Å². The van der Waals surface area contributed by atoms with E-state index < -0.39 is 0 Å². The molecular weight excluding hydrogens is 294 g/mol. The molecule has 0 aromatic carbocycles. The highest BCUT2D eigenvalue weighted by atomic mass is 79.9. The molecule has 1 aromatic rings. The molecule has 1 unspecified atom stereocenters. The number of nitrogens with zero attached hydrogens (tertiary/aromatic N) is 1. The topological polar surface area (TPSA) is 46.1 Å². The van der Waals surface area contributed by atoms with Crippen LogP contribution in [0.2, 0.25) is 0 Å². The maximum atomic E-state index is 12.1. The van der Waals surface area contributed by atoms with Gasteiger partial charge in [-0.15, -0.1) is 0 Å². The molecule has 0 bridgehead atoms. The average molecular weight is 314 g/mol. The molecule has 2 N–H and O–H groups in total. The Morgan fingerprint density at radius 2 is 2.50 bits per heavy atom. The standard InChI is InChI=1S/C13H20BrN3O/c1-2-17-9-11(14)6-12(17)13(18)16-8-10-4-3-5-15-7-10/h6,9-10,15H,2-5,7-8H2,1H3,(H,16,18). The minimum atomic E-state index is 0.0214. The summed E-state index contributed by atoms with van der Waals surface area (Å²) in [6.07, 6.45) is 4.35. The molecule has 4 nitrogen and oxygen atoms in total. The highest BCUT2D eigenvalue weighted by Gasteiger charge is 2.16. The van der Waals surface area contributed by atoms with Crippen molar-refractivity contribution in [1.29, 1.82) is 0 Å². The minimum Gasteiger partial charge on any atom is -0.350 e. The van der Waals surface area contributed by atoms with Crippen molar-refractivity contribution in [2.24, 2.45) is 5.92 Å². The molecule has 1 aliphatic heterocycles. The third-order valence-electron chi connectivity index (χ3n) is 3.39. The molecule has 18 heavy (non-hydrogen) atoms. The molecule has 1 aliphatic rings. The normalized spacial score (nSPS) is 19.8. The van der Waals surface area contributed by atoms with E-state index in [2.05, 4.69) is 26.6 Å². The number of nitrogens with one attached hydrogen (secondary N) is 2. The summed E-state index contributed by atoms with van der Waals surface area (Å²) in [5.74, 6) is 0.587. The van der Waals surface area contributed by atoms with E-state index in [-0.39, 0.29) is 5.91 Å². The van der Waals surface area contributed by atoms with E-state index in [4.69, 9.17) is 0 Å². The lowest BCUT2D eigenvalue weighted by molar-refractivity contribution is 0.0935. The number of piperidine rings is 1. The first-order valence-corrected chi connectivity index (χ1v) is 7.34. The lowest BCUT2D eigenvalue weighted by Crippen LogP contribution is -2.38. The van der Waals surface area contributed by atoms with Crippen molar-refractivity contribution in [3.8, 4) is 0 Å². The molecule has 5 heteroatoms. The molecule has 1 fully saturated rings. The number of hydrogen-bond donors (Lipinski definition) is 2. The molecule has 2 heterocycles. The van der Waals surface area contributed by atoms with Crippen molar-refractivity contribution in [3.05, 3.63) is 22.4 Å². The summed E-state index contributed by atoms with van der Waals surface area (Å²) in [5, 5.41) is 6.40. The summed E-state index contributed by atoms with van der Waals surface area (Å²) >= 11 is 3.41. The quantitative estimate of drug-likeness (QED) is 0.893. The molecule has 100 valence electrons. The third-order valence-corrected chi connectivity index (χ3v) is 3.82. The summed E-state index contributed by atoms with van der Waals surface area (Å²) in [6, 6.07) is 1.87. The van der Waals surface area contributed by atoms with Crippen LogP contribution >= 0.6 is 15.9 Å². The summed E-state index contributed by atoms with van der Waals surface area (Å²) in [4.78, 5) is 12.1. The van der Waals surface area contributed by atoms with Gasteiger partial charge in [-0.1, -0.05) is 0 Å². The van der Waals surface area contributed by atoms with Crippen molar-refractivity contribution < 1.29 is 4.79 Å². The molecule has 0 spiro atoms. The van der Waals surface area contributed by atoms with Crippen LogP contribution in [-0.2, 0) is 6.54 Å². The van der Waals surface area contributed by atoms with Crippen LogP contribution in [0.3, 0.4) is 0 Å². The van der Waals surface area contributed by atoms with E-state index in [1.807, 2.05) is 23.8 Å². The van der Waals surface area contributed by atoms with Gasteiger partial charge in [0, 0.05) is 23.8 Å². The van der Waals surface area contributed by atoms with Crippen molar-refractivity contribution in [3.63, 3.8) is 0 Å². The van der Waals surface area contributed by atoms with Gasteiger partial charge in [0.05, 0.1) is 0 Å². The second-order valence-corrected chi connectivity index (χ2v) is 5.67. The van der Waals surface area contributed by atoms with Gasteiger partial charge in [-0.25, -0.2) is 0 Å². The third kappa shape index (κ3) is 3.36. The lowest BCUT2D eigenvalue weighted by Gasteiger charge is -2.22. The van der Waals surface area contributed by atoms with Crippen LogP contribution in [0.15, 0.2) is 16.7 Å². The first-order chi connectivity index (χ1) is 8.70. The number of carbonyl (C=O) groups is 1. The van der Waals surface area contributed by atoms with Gasteiger partial charge in [0.2, 0.25) is 0 Å². The number of halogens is 1. The van der Waals surface area contributed by atoms with E-state index in [1.165, 1.54) is 12.8 Å². The second-order valence-electron chi connectivity index (χ2n) is 4.75. The maximum Gasteiger partial charge on any atom is 0.267 e. The molecule has 2 rings (SSSR count). The van der Waals surface area contributed by atoms with E-state index in [1.54, 1.807) is 0 Å². The summed E-state index contributed by atoms with van der Waals surface area (Å²) in [5.41, 5.74) is 0.730. The van der Waals surface area contributed by atoms with Gasteiger partial charge in [-0.05, 0) is 60.8 Å². The van der Waals surface area contributed by atoms with Crippen LogP contribution in [-0.4, -0.2) is 30.1 Å². The summed E-state index contributed by atoms with van der Waals surface area (Å²) in [7, 11) is 0. The summed E-state index contributed by atoms with van der Waals surface area (Å²) in [6.45, 7) is 5.72. The molecule has 1 saturated heterocycles. The molecule has 0 saturated carbocycles. The van der Waals surface area contributed by atoms with E-state index in [9.17, 15) is 4.79 Å². The van der Waals surface area contributed by atoms with Crippen LogP contribution in [0.25, 0.3) is 0 Å². The van der Waals surface area contributed by atoms with Gasteiger partial charge >= 0.3 is 0 Å². The van der Waals surface area contributed by atoms with E-state index in [0.29, 0.717) is 5.92 Å². The van der Waals surface area contributed by atoms with Crippen molar-refractivity contribution >= 4 is 21.8 Å². The van der Waals surface area contributed by atoms with Crippen LogP contribution < -0.4 is 10.6 Å². The monoisotopic (exact) mass is 313 g/mol. The second kappa shape index (κ2) is 6.38. The smallest absolute Gasteiger partial charge is 0.267 e. The van der Waals surface area contributed by atoms with Crippen LogP contribution in [0.1, 0.15) is 30.3 Å². The first-order valence-electron chi connectivity index (χ1n) is 6.55. The highest BCUT2D eigenvalue weighted by molar-refractivity contribution is 9.10. The Hall–Kier alpha value is -0.810. The minimum absolute atomic E-state index is 0.0214. The highest BCUT2D eigenvalue weighted by Crippen LogP contribution is 2.15. The molecule has 1 amide bonds. The Balaban J connectivity index is 1.90. The van der Waals surface area contributed by atoms with Crippen LogP contribution in [0.5, 0.6) is 0 Å². The number of aromatic nitrogens is 1. The number of rotatable bonds is 4. The summed E-state index contributed by atoms with van der Waals surface area (Å²) < 4.78 is 2.91. The Morgan fingerprint density at radius 1 is 1.67 bits per heavy atom. The number of carbonyl (C=O) groups excluding carboxylic acids is 1. The Labute approximate surface area is 116 Å². The van der Waals surface area contributed by atoms with Crippen molar-refractivity contribution in [2.45, 2.75) is 26.3 Å². The van der Waals surface area contributed by atoms with Gasteiger partial charge in [-0.2, -0.15) is 0 Å². The fourth-order valence-corrected chi connectivity index (χ4v) is 2.82. The van der Waals surface area contributed by atoms with Gasteiger partial charge in [0.1, 0.15) is 5.69 Å². The predicted molar refractivity (Wildman–Crippen MR) is 75.7 cm³/mol. The van der Waals surface area contributed by atoms with Crippen LogP contribution in [0, 0.1) is 5.92 Å². The molecule has 1 aromatic heterocycles. The Morgan fingerprint density at radius 3 is 3.17 bits per heavy atom. The van der Waals surface area contributed by atoms with Gasteiger partial charge in [-0.3, -0.25) is 4.79 Å². The van der Waals surface area contributed by atoms with Crippen LogP contribution in [0.4, 0.5) is 0 Å². The molecule has 0 aliphatic carbocycles. The van der Waals surface area contributed by atoms with E-state index >= 15 is 0 Å². The lowest BCUT2D eigenvalue weighted by atomic mass is 10.00. The zero-order valence-corrected chi connectivity index (χ0v) is 12.3.